The van der Waals surface area contributed by atoms with Crippen molar-refractivity contribution in [2.24, 2.45) is 9.98 Å². The Balaban J connectivity index is 1.75. The van der Waals surface area contributed by atoms with Gasteiger partial charge in [0.05, 0.1) is 25.4 Å². The van der Waals surface area contributed by atoms with Gasteiger partial charge in [0.2, 0.25) is 0 Å². The molecule has 3 heterocycles. The molecule has 8 heteroatoms. The van der Waals surface area contributed by atoms with Gasteiger partial charge in [-0.2, -0.15) is 0 Å². The maximum atomic E-state index is 9.72. The first kappa shape index (κ1) is 11.6. The predicted molar refractivity (Wildman–Crippen MR) is 63.6 cm³/mol. The monoisotopic (exact) mass is 253 g/mol. The van der Waals surface area contributed by atoms with Gasteiger partial charge in [-0.05, 0) is 0 Å². The summed E-state index contributed by atoms with van der Waals surface area (Å²) in [7, 11) is 0. The molecule has 0 aromatic carbocycles. The maximum Gasteiger partial charge on any atom is 0.155 e. The Hall–Kier alpha value is -1.51. The van der Waals surface area contributed by atoms with Gasteiger partial charge in [0.25, 0.3) is 0 Å². The van der Waals surface area contributed by atoms with Crippen LogP contribution in [0.25, 0.3) is 0 Å². The summed E-state index contributed by atoms with van der Waals surface area (Å²) in [5.41, 5.74) is 0. The van der Waals surface area contributed by atoms with Crippen molar-refractivity contribution in [3.63, 3.8) is 0 Å². The minimum absolute atomic E-state index is 0.211. The Kier molecular flexibility index (Phi) is 2.77. The molecule has 3 rings (SSSR count). The first-order valence-corrected chi connectivity index (χ1v) is 5.82. The molecule has 3 aliphatic rings. The van der Waals surface area contributed by atoms with Gasteiger partial charge in [-0.15, -0.1) is 0 Å². The number of aliphatic hydroxyl groups is 2. The van der Waals surface area contributed by atoms with Gasteiger partial charge in [-0.25, -0.2) is 4.99 Å². The van der Waals surface area contributed by atoms with E-state index in [1.54, 1.807) is 11.2 Å². The molecule has 1 saturated heterocycles. The molecule has 4 N–H and O–H groups in total. The van der Waals surface area contributed by atoms with Gasteiger partial charge >= 0.3 is 0 Å². The van der Waals surface area contributed by atoms with E-state index >= 15 is 0 Å². The molecule has 5 atom stereocenters. The van der Waals surface area contributed by atoms with Crippen LogP contribution in [0, 0.1) is 5.41 Å². The number of ether oxygens (including phenoxy) is 1. The van der Waals surface area contributed by atoms with Gasteiger partial charge < -0.3 is 25.2 Å². The number of hydrogen-bond acceptors (Lipinski definition) is 7. The van der Waals surface area contributed by atoms with E-state index in [1.165, 1.54) is 6.34 Å². The number of aliphatic hydroxyl groups excluding tert-OH is 2. The van der Waals surface area contributed by atoms with Crippen LogP contribution in [0.2, 0.25) is 0 Å². The standard InChI is InChI=1S/C10H15N5O3/c11-9-8-10(13-3-12-9)15(4-14-8)7-1-5(17)6(2-16)18-7/h3-8,10,16-17H,1-2H2,(H2,11,12,13). The number of rotatable bonds is 2. The van der Waals surface area contributed by atoms with Crippen LogP contribution in [-0.2, 0) is 4.74 Å². The van der Waals surface area contributed by atoms with E-state index in [1.807, 2.05) is 0 Å². The zero-order chi connectivity index (χ0) is 12.7. The van der Waals surface area contributed by atoms with Gasteiger partial charge in [0.15, 0.2) is 6.17 Å². The van der Waals surface area contributed by atoms with Crippen LogP contribution in [-0.4, -0.2) is 70.9 Å². The van der Waals surface area contributed by atoms with E-state index in [9.17, 15) is 5.11 Å². The third-order valence-corrected chi connectivity index (χ3v) is 3.41. The molecule has 0 bridgehead atoms. The SMILES string of the molecule is N=C1NC=NC2C1N=CN2C1CC(O)C(CO)O1. The molecule has 18 heavy (non-hydrogen) atoms. The Morgan fingerprint density at radius 3 is 3.11 bits per heavy atom. The summed E-state index contributed by atoms with van der Waals surface area (Å²) in [5.74, 6) is 0.297. The fourth-order valence-corrected chi connectivity index (χ4v) is 2.42. The molecule has 5 unspecified atom stereocenters. The van der Waals surface area contributed by atoms with Crippen molar-refractivity contribution in [2.45, 2.75) is 37.1 Å². The van der Waals surface area contributed by atoms with Crippen LogP contribution >= 0.6 is 0 Å². The highest BCUT2D eigenvalue weighted by atomic mass is 16.5. The van der Waals surface area contributed by atoms with Crippen LogP contribution in [0.15, 0.2) is 9.98 Å². The van der Waals surface area contributed by atoms with Crippen molar-refractivity contribution in [1.82, 2.24) is 10.2 Å². The fourth-order valence-electron chi connectivity index (χ4n) is 2.42. The van der Waals surface area contributed by atoms with Gasteiger partial charge in [-0.1, -0.05) is 0 Å². The van der Waals surface area contributed by atoms with Crippen LogP contribution in [0.5, 0.6) is 0 Å². The molecule has 3 aliphatic heterocycles. The van der Waals surface area contributed by atoms with Gasteiger partial charge in [0, 0.05) is 6.42 Å². The molecule has 98 valence electrons. The lowest BCUT2D eigenvalue weighted by atomic mass is 10.1. The van der Waals surface area contributed by atoms with E-state index in [4.69, 9.17) is 15.3 Å². The lowest BCUT2D eigenvalue weighted by Gasteiger charge is -2.31. The second-order valence-electron chi connectivity index (χ2n) is 4.52. The lowest BCUT2D eigenvalue weighted by Crippen LogP contribution is -2.50. The molecule has 1 fully saturated rings. The topological polar surface area (TPSA) is 114 Å². The number of fused-ring (bicyclic) bond motifs is 1. The first-order valence-electron chi connectivity index (χ1n) is 5.82. The quantitative estimate of drug-likeness (QED) is 0.459. The van der Waals surface area contributed by atoms with E-state index in [0.717, 1.165) is 0 Å². The molecule has 0 aromatic rings. The average Bonchev–Trinajstić information content (AvgIpc) is 2.93. The Labute approximate surface area is 103 Å². The van der Waals surface area contributed by atoms with E-state index < -0.39 is 12.2 Å². The van der Waals surface area contributed by atoms with Crippen LogP contribution < -0.4 is 5.32 Å². The molecular weight excluding hydrogens is 238 g/mol. The molecule has 0 saturated carbocycles. The highest BCUT2D eigenvalue weighted by molar-refractivity contribution is 5.97. The van der Waals surface area contributed by atoms with Crippen LogP contribution in [0.4, 0.5) is 0 Å². The number of nitrogens with one attached hydrogen (secondary N) is 2. The minimum Gasteiger partial charge on any atom is -0.394 e. The summed E-state index contributed by atoms with van der Waals surface area (Å²) in [6.07, 6.45) is 1.57. The average molecular weight is 253 g/mol. The van der Waals surface area contributed by atoms with Crippen molar-refractivity contribution in [1.29, 1.82) is 5.41 Å². The summed E-state index contributed by atoms with van der Waals surface area (Å²) in [4.78, 5) is 10.2. The van der Waals surface area contributed by atoms with E-state index in [0.29, 0.717) is 12.3 Å². The smallest absolute Gasteiger partial charge is 0.155 e. The van der Waals surface area contributed by atoms with Crippen molar-refractivity contribution < 1.29 is 14.9 Å². The zero-order valence-corrected chi connectivity index (χ0v) is 9.60. The Bertz CT molecular complexity index is 412. The van der Waals surface area contributed by atoms with Crippen molar-refractivity contribution in [3.8, 4) is 0 Å². The molecule has 0 radical (unpaired) electrons. The van der Waals surface area contributed by atoms with Crippen LogP contribution in [0.1, 0.15) is 6.42 Å². The van der Waals surface area contributed by atoms with Gasteiger partial charge in [0.1, 0.15) is 24.2 Å². The van der Waals surface area contributed by atoms with Crippen molar-refractivity contribution in [3.05, 3.63) is 0 Å². The summed E-state index contributed by atoms with van der Waals surface area (Å²) in [5, 5.41) is 29.2. The van der Waals surface area contributed by atoms with E-state index in [2.05, 4.69) is 15.3 Å². The zero-order valence-electron chi connectivity index (χ0n) is 9.60. The third kappa shape index (κ3) is 1.69. The summed E-state index contributed by atoms with van der Waals surface area (Å²) < 4.78 is 5.56. The Morgan fingerprint density at radius 1 is 1.56 bits per heavy atom. The first-order chi connectivity index (χ1) is 8.70. The van der Waals surface area contributed by atoms with Gasteiger partial charge in [-0.3, -0.25) is 10.4 Å². The minimum atomic E-state index is -0.683. The predicted octanol–water partition coefficient (Wildman–Crippen LogP) is -1.90. The number of nitrogens with zero attached hydrogens (tertiary/aromatic N) is 3. The van der Waals surface area contributed by atoms with Crippen molar-refractivity contribution in [2.75, 3.05) is 6.61 Å². The third-order valence-electron chi connectivity index (χ3n) is 3.41. The summed E-state index contributed by atoms with van der Waals surface area (Å²) in [6, 6.07) is -0.344. The fraction of sp³-hybridized carbons (Fsp3) is 0.700. The molecule has 0 aliphatic carbocycles. The molecule has 0 spiro atoms. The normalized spacial score (nSPS) is 42.2. The summed E-state index contributed by atoms with van der Waals surface area (Å²) in [6.45, 7) is -0.211. The number of amidine groups is 1. The highest BCUT2D eigenvalue weighted by Crippen LogP contribution is 2.28. The second kappa shape index (κ2) is 4.30. The van der Waals surface area contributed by atoms with Crippen molar-refractivity contribution >= 4 is 18.5 Å². The largest absolute Gasteiger partial charge is 0.394 e. The lowest BCUT2D eigenvalue weighted by molar-refractivity contribution is -0.0629. The molecule has 0 aromatic heterocycles. The molecular formula is C10H15N5O3. The molecule has 0 amide bonds. The number of hydrogen-bond donors (Lipinski definition) is 4. The van der Waals surface area contributed by atoms with Crippen LogP contribution in [0.3, 0.4) is 0 Å². The number of aliphatic imine (C=N–C) groups is 2. The second-order valence-corrected chi connectivity index (χ2v) is 4.52. The summed E-state index contributed by atoms with van der Waals surface area (Å²) >= 11 is 0. The van der Waals surface area contributed by atoms with E-state index in [-0.39, 0.29) is 25.0 Å². The Morgan fingerprint density at radius 2 is 2.39 bits per heavy atom. The molecule has 8 nitrogen and oxygen atoms in total. The highest BCUT2D eigenvalue weighted by Gasteiger charge is 2.44. The maximum absolute atomic E-state index is 9.72.